The van der Waals surface area contributed by atoms with Crippen molar-refractivity contribution in [3.05, 3.63) is 0 Å². The van der Waals surface area contributed by atoms with Crippen LogP contribution in [0.2, 0.25) is 0 Å². The molecular formula is C18H34IN3O. The molecule has 0 aromatic carbocycles. The van der Waals surface area contributed by atoms with E-state index in [1.807, 2.05) is 7.05 Å². The predicted octanol–water partition coefficient (Wildman–Crippen LogP) is 3.55. The summed E-state index contributed by atoms with van der Waals surface area (Å²) >= 11 is 0. The van der Waals surface area contributed by atoms with E-state index < -0.39 is 0 Å². The van der Waals surface area contributed by atoms with Gasteiger partial charge in [-0.3, -0.25) is 4.99 Å². The average molecular weight is 435 g/mol. The van der Waals surface area contributed by atoms with Gasteiger partial charge in [0.2, 0.25) is 0 Å². The van der Waals surface area contributed by atoms with Crippen LogP contribution in [-0.4, -0.2) is 38.3 Å². The van der Waals surface area contributed by atoms with Gasteiger partial charge >= 0.3 is 0 Å². The molecular weight excluding hydrogens is 401 g/mol. The zero-order valence-electron chi connectivity index (χ0n) is 14.9. The summed E-state index contributed by atoms with van der Waals surface area (Å²) in [5.74, 6) is 2.43. The first-order valence-corrected chi connectivity index (χ1v) is 9.34. The van der Waals surface area contributed by atoms with Crippen LogP contribution in [0, 0.1) is 17.3 Å². The summed E-state index contributed by atoms with van der Waals surface area (Å²) in [6.45, 7) is 6.52. The smallest absolute Gasteiger partial charge is 0.191 e. The Labute approximate surface area is 158 Å². The highest BCUT2D eigenvalue weighted by atomic mass is 127. The lowest BCUT2D eigenvalue weighted by Gasteiger charge is -2.57. The molecule has 2 aliphatic carbocycles. The first-order chi connectivity index (χ1) is 10.7. The van der Waals surface area contributed by atoms with E-state index in [1.54, 1.807) is 0 Å². The molecule has 5 heteroatoms. The number of fused-ring (bicyclic) bond motifs is 2. The van der Waals surface area contributed by atoms with Gasteiger partial charge in [0, 0.05) is 37.6 Å². The summed E-state index contributed by atoms with van der Waals surface area (Å²) in [6, 6.07) is 0.565. The lowest BCUT2D eigenvalue weighted by molar-refractivity contribution is -0.125. The highest BCUT2D eigenvalue weighted by Crippen LogP contribution is 2.60. The van der Waals surface area contributed by atoms with Gasteiger partial charge in [0.15, 0.2) is 5.96 Å². The van der Waals surface area contributed by atoms with Crippen molar-refractivity contribution in [3.8, 4) is 0 Å². The fraction of sp³-hybridized carbons (Fsp3) is 0.944. The highest BCUT2D eigenvalue weighted by Gasteiger charge is 2.65. The van der Waals surface area contributed by atoms with Crippen molar-refractivity contribution in [2.24, 2.45) is 22.2 Å². The van der Waals surface area contributed by atoms with Crippen LogP contribution in [0.1, 0.15) is 58.8 Å². The normalized spacial score (nSPS) is 31.7. The number of nitrogens with zero attached hydrogens (tertiary/aromatic N) is 1. The molecule has 0 radical (unpaired) electrons. The zero-order valence-corrected chi connectivity index (χ0v) is 17.3. The SMILES string of the molecule is CCC(CC)CNC(=NC)NC1C2CCOC2C12CCCC2.I. The largest absolute Gasteiger partial charge is 0.377 e. The van der Waals surface area contributed by atoms with E-state index in [0.717, 1.165) is 25.0 Å². The average Bonchev–Trinajstić information content (AvgIpc) is 3.19. The molecule has 0 bridgehead atoms. The second kappa shape index (κ2) is 8.37. The van der Waals surface area contributed by atoms with Crippen molar-refractivity contribution in [2.45, 2.75) is 70.9 Å². The van der Waals surface area contributed by atoms with Gasteiger partial charge in [0.25, 0.3) is 0 Å². The summed E-state index contributed by atoms with van der Waals surface area (Å²) in [5, 5.41) is 7.32. The third kappa shape index (κ3) is 3.51. The number of aliphatic imine (C=N–C) groups is 1. The van der Waals surface area contributed by atoms with Gasteiger partial charge in [-0.25, -0.2) is 0 Å². The molecule has 3 rings (SSSR count). The van der Waals surface area contributed by atoms with Gasteiger partial charge < -0.3 is 15.4 Å². The second-order valence-electron chi connectivity index (χ2n) is 7.44. The number of halogens is 1. The molecule has 3 aliphatic rings. The molecule has 2 saturated carbocycles. The number of nitrogens with one attached hydrogen (secondary N) is 2. The van der Waals surface area contributed by atoms with Crippen LogP contribution >= 0.6 is 24.0 Å². The number of ether oxygens (including phenoxy) is 1. The molecule has 0 amide bonds. The molecule has 1 saturated heterocycles. The van der Waals surface area contributed by atoms with E-state index in [1.165, 1.54) is 44.9 Å². The van der Waals surface area contributed by atoms with Crippen molar-refractivity contribution in [2.75, 3.05) is 20.2 Å². The zero-order chi connectivity index (χ0) is 15.6. The van der Waals surface area contributed by atoms with Crippen LogP contribution in [0.25, 0.3) is 0 Å². The minimum Gasteiger partial charge on any atom is -0.377 e. The fourth-order valence-corrected chi connectivity index (χ4v) is 5.06. The van der Waals surface area contributed by atoms with Crippen LogP contribution in [-0.2, 0) is 4.74 Å². The standard InChI is InChI=1S/C18H33N3O.HI/c1-4-13(5-2)12-20-17(19-3)21-15-14-8-11-22-16(14)18(15)9-6-7-10-18;/h13-16H,4-12H2,1-3H3,(H2,19,20,21);1H. The van der Waals surface area contributed by atoms with Crippen LogP contribution in [0.15, 0.2) is 4.99 Å². The topological polar surface area (TPSA) is 45.7 Å². The molecule has 1 spiro atoms. The van der Waals surface area contributed by atoms with Gasteiger partial charge in [-0.15, -0.1) is 24.0 Å². The minimum absolute atomic E-state index is 0. The third-order valence-corrected chi connectivity index (χ3v) is 6.51. The summed E-state index contributed by atoms with van der Waals surface area (Å²) in [7, 11) is 1.89. The Morgan fingerprint density at radius 2 is 1.96 bits per heavy atom. The van der Waals surface area contributed by atoms with Gasteiger partial charge in [0.1, 0.15) is 0 Å². The Morgan fingerprint density at radius 3 is 2.57 bits per heavy atom. The lowest BCUT2D eigenvalue weighted by atomic mass is 9.54. The van der Waals surface area contributed by atoms with Crippen molar-refractivity contribution in [1.29, 1.82) is 0 Å². The first kappa shape index (κ1) is 19.3. The molecule has 0 aromatic heterocycles. The lowest BCUT2D eigenvalue weighted by Crippen LogP contribution is -2.69. The fourth-order valence-electron chi connectivity index (χ4n) is 5.06. The van der Waals surface area contributed by atoms with E-state index >= 15 is 0 Å². The van der Waals surface area contributed by atoms with Crippen molar-refractivity contribution in [3.63, 3.8) is 0 Å². The maximum absolute atomic E-state index is 6.07. The number of rotatable bonds is 5. The quantitative estimate of drug-likeness (QED) is 0.395. The third-order valence-electron chi connectivity index (χ3n) is 6.51. The van der Waals surface area contributed by atoms with Crippen LogP contribution in [0.4, 0.5) is 0 Å². The molecule has 4 nitrogen and oxygen atoms in total. The van der Waals surface area contributed by atoms with Gasteiger partial charge in [0.05, 0.1) is 6.10 Å². The Kier molecular flexibility index (Phi) is 7.01. The highest BCUT2D eigenvalue weighted by molar-refractivity contribution is 14.0. The second-order valence-corrected chi connectivity index (χ2v) is 7.44. The molecule has 3 fully saturated rings. The summed E-state index contributed by atoms with van der Waals surface area (Å²) < 4.78 is 6.07. The monoisotopic (exact) mass is 435 g/mol. The van der Waals surface area contributed by atoms with E-state index in [-0.39, 0.29) is 24.0 Å². The maximum Gasteiger partial charge on any atom is 0.191 e. The number of hydrogen-bond donors (Lipinski definition) is 2. The first-order valence-electron chi connectivity index (χ1n) is 9.34. The van der Waals surface area contributed by atoms with E-state index in [9.17, 15) is 0 Å². The van der Waals surface area contributed by atoms with E-state index in [4.69, 9.17) is 4.74 Å². The van der Waals surface area contributed by atoms with Gasteiger partial charge in [-0.1, -0.05) is 39.5 Å². The molecule has 1 aliphatic heterocycles. The Hall–Kier alpha value is -0.0400. The van der Waals surface area contributed by atoms with E-state index in [2.05, 4.69) is 29.5 Å². The summed E-state index contributed by atoms with van der Waals surface area (Å²) in [4.78, 5) is 4.47. The predicted molar refractivity (Wildman–Crippen MR) is 107 cm³/mol. The molecule has 23 heavy (non-hydrogen) atoms. The minimum atomic E-state index is 0. The molecule has 134 valence electrons. The Morgan fingerprint density at radius 1 is 1.26 bits per heavy atom. The van der Waals surface area contributed by atoms with Gasteiger partial charge in [-0.2, -0.15) is 0 Å². The molecule has 0 aromatic rings. The van der Waals surface area contributed by atoms with Crippen LogP contribution < -0.4 is 10.6 Å². The van der Waals surface area contributed by atoms with Crippen molar-refractivity contribution < 1.29 is 4.74 Å². The number of guanidine groups is 1. The maximum atomic E-state index is 6.07. The van der Waals surface area contributed by atoms with Gasteiger partial charge in [-0.05, 0) is 25.2 Å². The van der Waals surface area contributed by atoms with Crippen molar-refractivity contribution in [1.82, 2.24) is 10.6 Å². The molecule has 1 heterocycles. The molecule has 2 N–H and O–H groups in total. The Balaban J connectivity index is 0.00000192. The van der Waals surface area contributed by atoms with E-state index in [0.29, 0.717) is 23.5 Å². The molecule has 3 unspecified atom stereocenters. The number of hydrogen-bond acceptors (Lipinski definition) is 2. The van der Waals surface area contributed by atoms with Crippen molar-refractivity contribution >= 4 is 29.9 Å². The van der Waals surface area contributed by atoms with Crippen LogP contribution in [0.5, 0.6) is 0 Å². The summed E-state index contributed by atoms with van der Waals surface area (Å²) in [5.41, 5.74) is 0.397. The van der Waals surface area contributed by atoms with Crippen LogP contribution in [0.3, 0.4) is 0 Å². The molecule has 3 atom stereocenters. The summed E-state index contributed by atoms with van der Waals surface area (Å²) in [6.07, 6.45) is 9.58. The Bertz CT molecular complexity index is 405.